The fourth-order valence-corrected chi connectivity index (χ4v) is 4.28. The van der Waals surface area contributed by atoms with Crippen LogP contribution in [0.15, 0.2) is 41.8 Å². The number of likely N-dealkylation sites (tertiary alicyclic amines) is 1. The highest BCUT2D eigenvalue weighted by Crippen LogP contribution is 2.31. The summed E-state index contributed by atoms with van der Waals surface area (Å²) in [6.45, 7) is 4.30. The summed E-state index contributed by atoms with van der Waals surface area (Å²) in [4.78, 5) is 16.3. The van der Waals surface area contributed by atoms with E-state index in [1.54, 1.807) is 35.6 Å². The van der Waals surface area contributed by atoms with Crippen molar-refractivity contribution in [3.8, 4) is 0 Å². The highest BCUT2D eigenvalue weighted by molar-refractivity contribution is 7.10. The van der Waals surface area contributed by atoms with E-state index in [0.717, 1.165) is 13.1 Å². The Labute approximate surface area is 146 Å². The van der Waals surface area contributed by atoms with E-state index in [2.05, 4.69) is 34.7 Å². The number of carbonyl (C=O) groups excluding carboxylic acids is 1. The summed E-state index contributed by atoms with van der Waals surface area (Å²) in [5.74, 6) is -0.0464. The van der Waals surface area contributed by atoms with Crippen molar-refractivity contribution in [2.45, 2.75) is 31.8 Å². The van der Waals surface area contributed by atoms with E-state index >= 15 is 0 Å². The van der Waals surface area contributed by atoms with Crippen LogP contribution in [-0.2, 0) is 0 Å². The Hall–Kier alpha value is -1.36. The van der Waals surface area contributed by atoms with Crippen LogP contribution in [-0.4, -0.2) is 29.9 Å². The molecule has 3 rings (SSSR count). The van der Waals surface area contributed by atoms with E-state index < -0.39 is 0 Å². The van der Waals surface area contributed by atoms with Crippen molar-refractivity contribution < 1.29 is 4.79 Å². The second-order valence-corrected chi connectivity index (χ2v) is 7.39. The van der Waals surface area contributed by atoms with E-state index in [9.17, 15) is 4.79 Å². The summed E-state index contributed by atoms with van der Waals surface area (Å²) in [6, 6.07) is 11.6. The summed E-state index contributed by atoms with van der Waals surface area (Å²) in [6.07, 6.45) is 2.47. The SMILES string of the molecule is C[C@H](NC(=O)c1ccc(Cl)cc1)[C@@H](c1cccs1)N1CCCC1. The Morgan fingerprint density at radius 1 is 1.22 bits per heavy atom. The van der Waals surface area contributed by atoms with Crippen LogP contribution < -0.4 is 5.32 Å². The van der Waals surface area contributed by atoms with Crippen molar-refractivity contribution >= 4 is 28.8 Å². The minimum absolute atomic E-state index is 0.0464. The molecule has 1 aliphatic rings. The highest BCUT2D eigenvalue weighted by atomic mass is 35.5. The van der Waals surface area contributed by atoms with Crippen molar-refractivity contribution in [3.05, 3.63) is 57.2 Å². The summed E-state index contributed by atoms with van der Waals surface area (Å²) in [5.41, 5.74) is 0.646. The molecule has 1 amide bonds. The van der Waals surface area contributed by atoms with Gasteiger partial charge in [0.25, 0.3) is 5.91 Å². The van der Waals surface area contributed by atoms with Gasteiger partial charge in [0.2, 0.25) is 0 Å². The largest absolute Gasteiger partial charge is 0.348 e. The molecule has 2 atom stereocenters. The van der Waals surface area contributed by atoms with Crippen LogP contribution in [0.25, 0.3) is 0 Å². The Morgan fingerprint density at radius 2 is 1.91 bits per heavy atom. The molecule has 0 bridgehead atoms. The third-order valence-electron chi connectivity index (χ3n) is 4.31. The fourth-order valence-electron chi connectivity index (χ4n) is 3.19. The molecule has 5 heteroatoms. The number of hydrogen-bond acceptors (Lipinski definition) is 3. The lowest BCUT2D eigenvalue weighted by Crippen LogP contribution is -2.43. The fraction of sp³-hybridized carbons (Fsp3) is 0.389. The third-order valence-corrected chi connectivity index (χ3v) is 5.50. The number of rotatable bonds is 5. The normalized spacial score (nSPS) is 17.8. The molecule has 1 fully saturated rings. The first-order valence-electron chi connectivity index (χ1n) is 7.99. The maximum absolute atomic E-state index is 12.5. The van der Waals surface area contributed by atoms with Crippen molar-refractivity contribution in [1.29, 1.82) is 0 Å². The molecule has 1 aromatic heterocycles. The summed E-state index contributed by atoms with van der Waals surface area (Å²) in [5, 5.41) is 5.91. The zero-order chi connectivity index (χ0) is 16.2. The Kier molecular flexibility index (Phi) is 5.36. The standard InChI is InChI=1S/C18H21ClN2OS/c1-13(20-18(22)14-6-8-15(19)9-7-14)17(16-5-4-12-23-16)21-10-2-3-11-21/h4-9,12-13,17H,2-3,10-11H2,1H3,(H,20,22)/t13-,17-/m0/s1. The second kappa shape index (κ2) is 7.47. The summed E-state index contributed by atoms with van der Waals surface area (Å²) >= 11 is 7.65. The minimum atomic E-state index is -0.0464. The predicted octanol–water partition coefficient (Wildman–Crippen LogP) is 4.36. The van der Waals surface area contributed by atoms with Gasteiger partial charge < -0.3 is 5.32 Å². The molecule has 1 saturated heterocycles. The van der Waals surface area contributed by atoms with Crippen LogP contribution in [0, 0.1) is 0 Å². The van der Waals surface area contributed by atoms with Crippen LogP contribution >= 0.6 is 22.9 Å². The van der Waals surface area contributed by atoms with Crippen LogP contribution in [0.3, 0.4) is 0 Å². The Bertz CT molecular complexity index is 636. The second-order valence-electron chi connectivity index (χ2n) is 5.97. The van der Waals surface area contributed by atoms with Crippen LogP contribution in [0.4, 0.5) is 0 Å². The number of hydrogen-bond donors (Lipinski definition) is 1. The summed E-state index contributed by atoms with van der Waals surface area (Å²) < 4.78 is 0. The van der Waals surface area contributed by atoms with Crippen LogP contribution in [0.5, 0.6) is 0 Å². The lowest BCUT2D eigenvalue weighted by Gasteiger charge is -2.32. The maximum Gasteiger partial charge on any atom is 0.251 e. The molecule has 23 heavy (non-hydrogen) atoms. The molecular formula is C18H21ClN2OS. The molecule has 3 nitrogen and oxygen atoms in total. The molecule has 1 aliphatic heterocycles. The van der Waals surface area contributed by atoms with Crippen LogP contribution in [0.2, 0.25) is 5.02 Å². The average molecular weight is 349 g/mol. The van der Waals surface area contributed by atoms with E-state index in [4.69, 9.17) is 11.6 Å². The van der Waals surface area contributed by atoms with Crippen molar-refractivity contribution in [1.82, 2.24) is 10.2 Å². The van der Waals surface area contributed by atoms with Gasteiger partial charge in [-0.15, -0.1) is 11.3 Å². The van der Waals surface area contributed by atoms with Gasteiger partial charge in [-0.25, -0.2) is 0 Å². The third kappa shape index (κ3) is 3.94. The number of halogens is 1. The average Bonchev–Trinajstić information content (AvgIpc) is 3.22. The molecule has 0 unspecified atom stereocenters. The van der Waals surface area contributed by atoms with Gasteiger partial charge in [-0.3, -0.25) is 9.69 Å². The van der Waals surface area contributed by atoms with E-state index in [1.807, 2.05) is 0 Å². The van der Waals surface area contributed by atoms with Gasteiger partial charge in [0, 0.05) is 21.5 Å². The number of nitrogens with one attached hydrogen (secondary N) is 1. The molecule has 2 aromatic rings. The maximum atomic E-state index is 12.5. The van der Waals surface area contributed by atoms with Gasteiger partial charge in [-0.1, -0.05) is 17.7 Å². The van der Waals surface area contributed by atoms with Gasteiger partial charge in [-0.2, -0.15) is 0 Å². The monoisotopic (exact) mass is 348 g/mol. The lowest BCUT2D eigenvalue weighted by atomic mass is 10.1. The predicted molar refractivity (Wildman–Crippen MR) is 96.2 cm³/mol. The van der Waals surface area contributed by atoms with Gasteiger partial charge in [0.05, 0.1) is 6.04 Å². The Balaban J connectivity index is 1.74. The van der Waals surface area contributed by atoms with Gasteiger partial charge >= 0.3 is 0 Å². The topological polar surface area (TPSA) is 32.3 Å². The van der Waals surface area contributed by atoms with Gasteiger partial charge in [0.15, 0.2) is 0 Å². The number of benzene rings is 1. The number of amides is 1. The lowest BCUT2D eigenvalue weighted by molar-refractivity contribution is 0.0908. The number of carbonyl (C=O) groups is 1. The van der Waals surface area contributed by atoms with Crippen LogP contribution in [0.1, 0.15) is 41.0 Å². The molecule has 0 saturated carbocycles. The first-order chi connectivity index (χ1) is 11.1. The zero-order valence-electron chi connectivity index (χ0n) is 13.2. The smallest absolute Gasteiger partial charge is 0.251 e. The number of thiophene rings is 1. The number of nitrogens with zero attached hydrogens (tertiary/aromatic N) is 1. The van der Waals surface area contributed by atoms with E-state index in [0.29, 0.717) is 10.6 Å². The van der Waals surface area contributed by atoms with Crippen molar-refractivity contribution in [2.75, 3.05) is 13.1 Å². The molecule has 2 heterocycles. The highest BCUT2D eigenvalue weighted by Gasteiger charge is 2.30. The molecule has 0 radical (unpaired) electrons. The van der Waals surface area contributed by atoms with Crippen molar-refractivity contribution in [3.63, 3.8) is 0 Å². The molecule has 122 valence electrons. The van der Waals surface area contributed by atoms with Gasteiger partial charge in [0.1, 0.15) is 0 Å². The molecule has 0 aliphatic carbocycles. The molecule has 1 N–H and O–H groups in total. The minimum Gasteiger partial charge on any atom is -0.348 e. The van der Waals surface area contributed by atoms with E-state index in [-0.39, 0.29) is 18.0 Å². The summed E-state index contributed by atoms with van der Waals surface area (Å²) in [7, 11) is 0. The Morgan fingerprint density at radius 3 is 2.52 bits per heavy atom. The first kappa shape index (κ1) is 16.5. The quantitative estimate of drug-likeness (QED) is 0.870. The molecule has 1 aromatic carbocycles. The van der Waals surface area contributed by atoms with E-state index in [1.165, 1.54) is 17.7 Å². The molecular weight excluding hydrogens is 328 g/mol. The zero-order valence-corrected chi connectivity index (χ0v) is 14.7. The molecule has 0 spiro atoms. The first-order valence-corrected chi connectivity index (χ1v) is 9.25. The van der Waals surface area contributed by atoms with Gasteiger partial charge in [-0.05, 0) is 68.6 Å². The van der Waals surface area contributed by atoms with Crippen molar-refractivity contribution in [2.24, 2.45) is 0 Å².